The molecule has 1 unspecified atom stereocenters. The zero-order chi connectivity index (χ0) is 14.5. The molecule has 3 nitrogen and oxygen atoms in total. The fourth-order valence-corrected chi connectivity index (χ4v) is 2.93. The molecule has 0 bridgehead atoms. The van der Waals surface area contributed by atoms with Crippen molar-refractivity contribution < 1.29 is 0 Å². The number of hydrogen-bond donors (Lipinski definition) is 2. The molecule has 21 heavy (non-hydrogen) atoms. The van der Waals surface area contributed by atoms with E-state index in [1.807, 2.05) is 6.20 Å². The van der Waals surface area contributed by atoms with Gasteiger partial charge < -0.3 is 10.6 Å². The minimum atomic E-state index is 0.515. The van der Waals surface area contributed by atoms with E-state index in [0.29, 0.717) is 6.04 Å². The van der Waals surface area contributed by atoms with E-state index in [1.54, 1.807) is 0 Å². The number of aryl methyl sites for hydroxylation is 1. The minimum Gasteiger partial charge on any atom is -0.382 e. The van der Waals surface area contributed by atoms with E-state index >= 15 is 0 Å². The van der Waals surface area contributed by atoms with Crippen molar-refractivity contribution >= 4 is 11.5 Å². The Bertz CT molecular complexity index is 595. The first-order valence-corrected chi connectivity index (χ1v) is 7.88. The topological polar surface area (TPSA) is 37.0 Å². The van der Waals surface area contributed by atoms with Crippen molar-refractivity contribution in [3.63, 3.8) is 0 Å². The van der Waals surface area contributed by atoms with Gasteiger partial charge >= 0.3 is 0 Å². The Morgan fingerprint density at radius 3 is 2.90 bits per heavy atom. The van der Waals surface area contributed by atoms with E-state index in [2.05, 4.69) is 58.9 Å². The van der Waals surface area contributed by atoms with E-state index in [1.165, 1.54) is 24.0 Å². The minimum absolute atomic E-state index is 0.515. The zero-order valence-electron chi connectivity index (χ0n) is 12.6. The first-order chi connectivity index (χ1) is 10.3. The highest BCUT2D eigenvalue weighted by Crippen LogP contribution is 2.24. The van der Waals surface area contributed by atoms with Crippen LogP contribution in [0.4, 0.5) is 11.5 Å². The average molecular weight is 281 g/mol. The number of pyridine rings is 1. The van der Waals surface area contributed by atoms with Crippen molar-refractivity contribution in [1.29, 1.82) is 0 Å². The average Bonchev–Trinajstić information content (AvgIpc) is 2.53. The molecule has 1 atom stereocenters. The SMILES string of the molecule is CCCNc1cc(NC2CCc3ccccc3C2)ccn1. The summed E-state index contributed by atoms with van der Waals surface area (Å²) in [5.74, 6) is 0.957. The van der Waals surface area contributed by atoms with Crippen LogP contribution in [0.2, 0.25) is 0 Å². The highest BCUT2D eigenvalue weighted by atomic mass is 15.0. The summed E-state index contributed by atoms with van der Waals surface area (Å²) in [5, 5.41) is 7.00. The van der Waals surface area contributed by atoms with Gasteiger partial charge in [-0.25, -0.2) is 4.98 Å². The highest BCUT2D eigenvalue weighted by Gasteiger charge is 2.17. The molecule has 3 heteroatoms. The number of benzene rings is 1. The third-order valence-corrected chi connectivity index (χ3v) is 4.03. The predicted octanol–water partition coefficient (Wildman–Crippen LogP) is 3.87. The van der Waals surface area contributed by atoms with Gasteiger partial charge in [-0.2, -0.15) is 0 Å². The van der Waals surface area contributed by atoms with Crippen LogP contribution in [0.3, 0.4) is 0 Å². The van der Waals surface area contributed by atoms with Gasteiger partial charge in [0.05, 0.1) is 0 Å². The second kappa shape index (κ2) is 6.61. The first kappa shape index (κ1) is 13.9. The monoisotopic (exact) mass is 281 g/mol. The lowest BCUT2D eigenvalue weighted by Crippen LogP contribution is -2.27. The maximum atomic E-state index is 4.35. The van der Waals surface area contributed by atoms with Crippen molar-refractivity contribution in [3.8, 4) is 0 Å². The maximum Gasteiger partial charge on any atom is 0.127 e. The number of rotatable bonds is 5. The fraction of sp³-hybridized carbons (Fsp3) is 0.389. The number of nitrogens with one attached hydrogen (secondary N) is 2. The van der Waals surface area contributed by atoms with Gasteiger partial charge in [-0.1, -0.05) is 31.2 Å². The number of nitrogens with zero attached hydrogens (tertiary/aromatic N) is 1. The van der Waals surface area contributed by atoms with Gasteiger partial charge in [0, 0.05) is 30.5 Å². The van der Waals surface area contributed by atoms with Crippen molar-refractivity contribution in [2.45, 2.75) is 38.6 Å². The van der Waals surface area contributed by atoms with E-state index in [-0.39, 0.29) is 0 Å². The summed E-state index contributed by atoms with van der Waals surface area (Å²) in [6.45, 7) is 3.13. The Labute approximate surface area is 126 Å². The highest BCUT2D eigenvalue weighted by molar-refractivity contribution is 5.52. The van der Waals surface area contributed by atoms with Gasteiger partial charge in [0.1, 0.15) is 5.82 Å². The lowest BCUT2D eigenvalue weighted by Gasteiger charge is -2.26. The Morgan fingerprint density at radius 2 is 2.05 bits per heavy atom. The van der Waals surface area contributed by atoms with Gasteiger partial charge in [-0.15, -0.1) is 0 Å². The van der Waals surface area contributed by atoms with E-state index in [9.17, 15) is 0 Å². The van der Waals surface area contributed by atoms with Gasteiger partial charge in [-0.3, -0.25) is 0 Å². The molecule has 0 fully saturated rings. The second-order valence-corrected chi connectivity index (χ2v) is 5.71. The second-order valence-electron chi connectivity index (χ2n) is 5.71. The molecule has 0 spiro atoms. The Balaban J connectivity index is 1.65. The van der Waals surface area contributed by atoms with Gasteiger partial charge in [-0.05, 0) is 42.9 Å². The predicted molar refractivity (Wildman–Crippen MR) is 88.9 cm³/mol. The molecule has 1 aromatic carbocycles. The molecule has 2 aromatic rings. The molecule has 0 aliphatic heterocycles. The van der Waals surface area contributed by atoms with Gasteiger partial charge in [0.25, 0.3) is 0 Å². The van der Waals surface area contributed by atoms with Gasteiger partial charge in [0.15, 0.2) is 0 Å². The first-order valence-electron chi connectivity index (χ1n) is 7.88. The van der Waals surface area contributed by atoms with Crippen LogP contribution >= 0.6 is 0 Å². The van der Waals surface area contributed by atoms with E-state index in [4.69, 9.17) is 0 Å². The van der Waals surface area contributed by atoms with Crippen LogP contribution in [-0.4, -0.2) is 17.6 Å². The molecule has 1 aromatic heterocycles. The van der Waals surface area contributed by atoms with Crippen LogP contribution in [0.15, 0.2) is 42.6 Å². The van der Waals surface area contributed by atoms with Gasteiger partial charge in [0.2, 0.25) is 0 Å². The Morgan fingerprint density at radius 1 is 1.19 bits per heavy atom. The lowest BCUT2D eigenvalue weighted by molar-refractivity contribution is 0.611. The van der Waals surface area contributed by atoms with Crippen LogP contribution in [-0.2, 0) is 12.8 Å². The van der Waals surface area contributed by atoms with E-state index < -0.39 is 0 Å². The molecule has 2 N–H and O–H groups in total. The smallest absolute Gasteiger partial charge is 0.127 e. The molecule has 1 aliphatic carbocycles. The lowest BCUT2D eigenvalue weighted by atomic mass is 9.88. The molecule has 1 heterocycles. The summed E-state index contributed by atoms with van der Waals surface area (Å²) in [6, 6.07) is 13.5. The summed E-state index contributed by atoms with van der Waals surface area (Å²) in [5.41, 5.74) is 4.16. The fourth-order valence-electron chi connectivity index (χ4n) is 2.93. The molecule has 0 saturated carbocycles. The van der Waals surface area contributed by atoms with Crippen molar-refractivity contribution in [2.24, 2.45) is 0 Å². The van der Waals surface area contributed by atoms with Crippen LogP contribution in [0.25, 0.3) is 0 Å². The van der Waals surface area contributed by atoms with Crippen LogP contribution in [0, 0.1) is 0 Å². The molecular weight excluding hydrogens is 258 g/mol. The molecule has 0 amide bonds. The third kappa shape index (κ3) is 3.54. The summed E-state index contributed by atoms with van der Waals surface area (Å²) in [4.78, 5) is 4.35. The quantitative estimate of drug-likeness (QED) is 0.873. The standard InChI is InChI=1S/C18H23N3/c1-2-10-19-18-13-17(9-11-20-18)21-16-8-7-14-5-3-4-6-15(14)12-16/h3-6,9,11,13,16H,2,7-8,10,12H2,1H3,(H2,19,20,21). The normalized spacial score (nSPS) is 17.1. The zero-order valence-corrected chi connectivity index (χ0v) is 12.6. The molecule has 110 valence electrons. The van der Waals surface area contributed by atoms with Crippen LogP contribution in [0.1, 0.15) is 30.9 Å². The molecule has 3 rings (SSSR count). The van der Waals surface area contributed by atoms with Crippen molar-refractivity contribution in [1.82, 2.24) is 4.98 Å². The largest absolute Gasteiger partial charge is 0.382 e. The number of anilines is 2. The number of aromatic nitrogens is 1. The number of hydrogen-bond acceptors (Lipinski definition) is 3. The molecule has 0 radical (unpaired) electrons. The maximum absolute atomic E-state index is 4.35. The third-order valence-electron chi connectivity index (χ3n) is 4.03. The molecule has 1 aliphatic rings. The summed E-state index contributed by atoms with van der Waals surface area (Å²) < 4.78 is 0. The Kier molecular flexibility index (Phi) is 4.39. The Hall–Kier alpha value is -2.03. The summed E-state index contributed by atoms with van der Waals surface area (Å²) >= 11 is 0. The van der Waals surface area contributed by atoms with Crippen LogP contribution < -0.4 is 10.6 Å². The molecular formula is C18H23N3. The summed E-state index contributed by atoms with van der Waals surface area (Å²) in [7, 11) is 0. The van der Waals surface area contributed by atoms with Crippen LogP contribution in [0.5, 0.6) is 0 Å². The number of fused-ring (bicyclic) bond motifs is 1. The van der Waals surface area contributed by atoms with Crippen molar-refractivity contribution in [2.75, 3.05) is 17.2 Å². The van der Waals surface area contributed by atoms with E-state index in [0.717, 1.165) is 30.9 Å². The van der Waals surface area contributed by atoms with Crippen molar-refractivity contribution in [3.05, 3.63) is 53.7 Å². The summed E-state index contributed by atoms with van der Waals surface area (Å²) in [6.07, 6.45) is 6.45. The molecule has 0 saturated heterocycles.